The maximum atomic E-state index is 12.2. The Hall–Kier alpha value is -0.870. The van der Waals surface area contributed by atoms with Gasteiger partial charge >= 0.3 is 0 Å². The van der Waals surface area contributed by atoms with Crippen LogP contribution in [-0.4, -0.2) is 35.0 Å². The van der Waals surface area contributed by atoms with Gasteiger partial charge < -0.3 is 16.4 Å². The van der Waals surface area contributed by atoms with Gasteiger partial charge in [0.05, 0.1) is 11.1 Å². The normalized spacial score (nSPS) is 12.4. The number of amides is 1. The molecule has 0 fully saturated rings. The molecular weight excluding hydrogens is 202 g/mol. The zero-order chi connectivity index (χ0) is 13.1. The van der Waals surface area contributed by atoms with Crippen LogP contribution in [0, 0.1) is 0 Å². The minimum absolute atomic E-state index is 0.0918. The van der Waals surface area contributed by atoms with Crippen molar-refractivity contribution in [3.8, 4) is 0 Å². The molecule has 94 valence electrons. The molecule has 4 nitrogen and oxygen atoms in total. The van der Waals surface area contributed by atoms with E-state index in [0.29, 0.717) is 18.7 Å². The molecule has 0 atom stereocenters. The van der Waals surface area contributed by atoms with Gasteiger partial charge in [0.15, 0.2) is 0 Å². The SMILES string of the molecule is C=C(C)C(=O)N(C(C)(C)CN)C(C)(C)CN. The fourth-order valence-corrected chi connectivity index (χ4v) is 1.74. The van der Waals surface area contributed by atoms with Crippen LogP contribution in [0.15, 0.2) is 12.2 Å². The van der Waals surface area contributed by atoms with Crippen molar-refractivity contribution >= 4 is 5.91 Å². The van der Waals surface area contributed by atoms with Gasteiger partial charge in [0.2, 0.25) is 5.91 Å². The van der Waals surface area contributed by atoms with Crippen LogP contribution < -0.4 is 11.5 Å². The van der Waals surface area contributed by atoms with Crippen LogP contribution in [-0.2, 0) is 4.79 Å². The van der Waals surface area contributed by atoms with Crippen LogP contribution in [0.1, 0.15) is 34.6 Å². The minimum atomic E-state index is -0.432. The van der Waals surface area contributed by atoms with Crippen LogP contribution in [0.5, 0.6) is 0 Å². The van der Waals surface area contributed by atoms with Gasteiger partial charge in [-0.15, -0.1) is 0 Å². The first kappa shape index (κ1) is 15.1. The Kier molecular flexibility index (Phi) is 4.70. The van der Waals surface area contributed by atoms with E-state index in [4.69, 9.17) is 11.5 Å². The Morgan fingerprint density at radius 2 is 1.44 bits per heavy atom. The summed E-state index contributed by atoms with van der Waals surface area (Å²) in [4.78, 5) is 13.9. The van der Waals surface area contributed by atoms with Crippen molar-refractivity contribution in [2.45, 2.75) is 45.7 Å². The van der Waals surface area contributed by atoms with Gasteiger partial charge in [0, 0.05) is 18.7 Å². The van der Waals surface area contributed by atoms with E-state index in [9.17, 15) is 4.79 Å². The summed E-state index contributed by atoms with van der Waals surface area (Å²) in [6.45, 7) is 13.9. The minimum Gasteiger partial charge on any atom is -0.328 e. The van der Waals surface area contributed by atoms with Crippen molar-refractivity contribution in [1.82, 2.24) is 4.90 Å². The molecule has 0 rings (SSSR count). The standard InChI is InChI=1S/C12H25N3O/c1-9(2)10(16)15(11(3,4)7-13)12(5,6)8-14/h1,7-8,13-14H2,2-6H3. The highest BCUT2D eigenvalue weighted by Crippen LogP contribution is 2.25. The van der Waals surface area contributed by atoms with Gasteiger partial charge in [-0.3, -0.25) is 4.79 Å². The van der Waals surface area contributed by atoms with Crippen molar-refractivity contribution in [3.05, 3.63) is 12.2 Å². The summed E-state index contributed by atoms with van der Waals surface area (Å²) in [6, 6.07) is 0. The van der Waals surface area contributed by atoms with E-state index in [1.807, 2.05) is 27.7 Å². The third kappa shape index (κ3) is 3.06. The molecule has 4 heteroatoms. The van der Waals surface area contributed by atoms with Gasteiger partial charge in [-0.1, -0.05) is 6.58 Å². The molecule has 0 aliphatic rings. The van der Waals surface area contributed by atoms with Crippen molar-refractivity contribution in [2.75, 3.05) is 13.1 Å². The van der Waals surface area contributed by atoms with E-state index in [1.165, 1.54) is 0 Å². The lowest BCUT2D eigenvalue weighted by molar-refractivity contribution is -0.139. The average Bonchev–Trinajstić information content (AvgIpc) is 2.17. The van der Waals surface area contributed by atoms with Gasteiger partial charge in [-0.25, -0.2) is 0 Å². The Balaban J connectivity index is 5.39. The van der Waals surface area contributed by atoms with E-state index in [2.05, 4.69) is 6.58 Å². The summed E-state index contributed by atoms with van der Waals surface area (Å²) >= 11 is 0. The highest BCUT2D eigenvalue weighted by molar-refractivity contribution is 5.93. The third-order valence-electron chi connectivity index (χ3n) is 2.78. The molecule has 0 heterocycles. The fraction of sp³-hybridized carbons (Fsp3) is 0.750. The van der Waals surface area contributed by atoms with Crippen LogP contribution >= 0.6 is 0 Å². The van der Waals surface area contributed by atoms with Gasteiger partial charge in [-0.2, -0.15) is 0 Å². The van der Waals surface area contributed by atoms with Crippen molar-refractivity contribution in [1.29, 1.82) is 0 Å². The van der Waals surface area contributed by atoms with Crippen LogP contribution in [0.2, 0.25) is 0 Å². The molecule has 0 aromatic heterocycles. The average molecular weight is 227 g/mol. The molecule has 0 bridgehead atoms. The number of rotatable bonds is 5. The molecule has 16 heavy (non-hydrogen) atoms. The second-order valence-electron chi connectivity index (χ2n) is 5.45. The second-order valence-corrected chi connectivity index (χ2v) is 5.45. The number of hydrogen-bond donors (Lipinski definition) is 2. The number of carbonyl (C=O) groups is 1. The molecule has 0 saturated heterocycles. The lowest BCUT2D eigenvalue weighted by atomic mass is 9.92. The van der Waals surface area contributed by atoms with E-state index in [-0.39, 0.29) is 5.91 Å². The van der Waals surface area contributed by atoms with Crippen LogP contribution in [0.25, 0.3) is 0 Å². The molecular formula is C12H25N3O. The third-order valence-corrected chi connectivity index (χ3v) is 2.78. The summed E-state index contributed by atoms with van der Waals surface area (Å²) in [6.07, 6.45) is 0. The maximum Gasteiger partial charge on any atom is 0.249 e. The fourth-order valence-electron chi connectivity index (χ4n) is 1.74. The Labute approximate surface area is 98.7 Å². The lowest BCUT2D eigenvalue weighted by Crippen LogP contribution is -2.63. The van der Waals surface area contributed by atoms with E-state index < -0.39 is 11.1 Å². The number of hydrogen-bond acceptors (Lipinski definition) is 3. The second kappa shape index (κ2) is 4.97. The van der Waals surface area contributed by atoms with Crippen molar-refractivity contribution in [3.63, 3.8) is 0 Å². The summed E-state index contributed by atoms with van der Waals surface area (Å²) < 4.78 is 0. The van der Waals surface area contributed by atoms with E-state index >= 15 is 0 Å². The molecule has 4 N–H and O–H groups in total. The number of nitrogens with zero attached hydrogens (tertiary/aromatic N) is 1. The molecule has 0 aliphatic heterocycles. The highest BCUT2D eigenvalue weighted by Gasteiger charge is 2.39. The van der Waals surface area contributed by atoms with Gasteiger partial charge in [0.1, 0.15) is 0 Å². The van der Waals surface area contributed by atoms with Crippen molar-refractivity contribution in [2.24, 2.45) is 11.5 Å². The maximum absolute atomic E-state index is 12.2. The summed E-state index contributed by atoms with van der Waals surface area (Å²) in [5.74, 6) is -0.0918. The zero-order valence-corrected chi connectivity index (χ0v) is 11.1. The summed E-state index contributed by atoms with van der Waals surface area (Å²) in [7, 11) is 0. The first-order chi connectivity index (χ1) is 7.10. The summed E-state index contributed by atoms with van der Waals surface area (Å²) in [5, 5.41) is 0. The molecule has 0 spiro atoms. The first-order valence-corrected chi connectivity index (χ1v) is 5.50. The number of nitrogens with two attached hydrogens (primary N) is 2. The molecule has 0 aromatic rings. The monoisotopic (exact) mass is 227 g/mol. The predicted octanol–water partition coefficient (Wildman–Crippen LogP) is 0.866. The van der Waals surface area contributed by atoms with Gasteiger partial charge in [0.25, 0.3) is 0 Å². The zero-order valence-electron chi connectivity index (χ0n) is 11.1. The first-order valence-electron chi connectivity index (χ1n) is 5.50. The van der Waals surface area contributed by atoms with Gasteiger partial charge in [-0.05, 0) is 34.6 Å². The molecule has 0 radical (unpaired) electrons. The topological polar surface area (TPSA) is 72.3 Å². The Morgan fingerprint density at radius 3 is 1.62 bits per heavy atom. The Morgan fingerprint density at radius 1 is 1.12 bits per heavy atom. The highest BCUT2D eigenvalue weighted by atomic mass is 16.2. The van der Waals surface area contributed by atoms with E-state index in [1.54, 1.807) is 11.8 Å². The summed E-state index contributed by atoms with van der Waals surface area (Å²) in [5.41, 5.74) is 11.1. The molecule has 0 unspecified atom stereocenters. The predicted molar refractivity (Wildman–Crippen MR) is 67.9 cm³/mol. The molecule has 1 amide bonds. The van der Waals surface area contributed by atoms with Crippen LogP contribution in [0.3, 0.4) is 0 Å². The number of carbonyl (C=O) groups excluding carboxylic acids is 1. The largest absolute Gasteiger partial charge is 0.328 e. The molecule has 0 aromatic carbocycles. The van der Waals surface area contributed by atoms with E-state index in [0.717, 1.165) is 0 Å². The Bertz CT molecular complexity index is 266. The van der Waals surface area contributed by atoms with Crippen molar-refractivity contribution < 1.29 is 4.79 Å². The van der Waals surface area contributed by atoms with Crippen LogP contribution in [0.4, 0.5) is 0 Å². The smallest absolute Gasteiger partial charge is 0.249 e. The lowest BCUT2D eigenvalue weighted by Gasteiger charge is -2.48. The molecule has 0 saturated carbocycles. The quantitative estimate of drug-likeness (QED) is 0.684. The molecule has 0 aliphatic carbocycles.